The maximum absolute atomic E-state index is 11.7. The Labute approximate surface area is 59.3 Å². The highest BCUT2D eigenvalue weighted by molar-refractivity contribution is 4.86. The minimum absolute atomic E-state index is 0.608. The largest absolute Gasteiger partial charge is 0.453 e. The zero-order valence-corrected chi connectivity index (χ0v) is 5.21. The predicted molar refractivity (Wildman–Crippen MR) is 27.2 cm³/mol. The van der Waals surface area contributed by atoms with Crippen molar-refractivity contribution in [3.8, 4) is 0 Å². The summed E-state index contributed by atoms with van der Waals surface area (Å²) >= 11 is 0. The van der Waals surface area contributed by atoms with Crippen molar-refractivity contribution in [3.63, 3.8) is 0 Å². The minimum Gasteiger partial charge on any atom is -0.374 e. The Kier molecular flexibility index (Phi) is 1.81. The molecule has 7 heteroatoms. The van der Waals surface area contributed by atoms with Crippen LogP contribution in [0.1, 0.15) is 5.82 Å². The average molecular weight is 167 g/mol. The molecule has 1 aromatic rings. The van der Waals surface area contributed by atoms with Gasteiger partial charge in [-0.3, -0.25) is 0 Å². The Hall–Kier alpha value is -1.11. The van der Waals surface area contributed by atoms with E-state index in [9.17, 15) is 13.2 Å². The SMILES string of the molecule is OCn1cnc(C(F)(F)F)n1. The first-order valence-electron chi connectivity index (χ1n) is 2.61. The van der Waals surface area contributed by atoms with Crippen LogP contribution in [0.3, 0.4) is 0 Å². The fourth-order valence-electron chi connectivity index (χ4n) is 0.493. The number of halogens is 3. The average Bonchev–Trinajstić information content (AvgIpc) is 2.32. The van der Waals surface area contributed by atoms with Crippen molar-refractivity contribution in [2.24, 2.45) is 0 Å². The molecule has 0 saturated heterocycles. The molecule has 0 amide bonds. The number of hydrogen-bond acceptors (Lipinski definition) is 3. The highest BCUT2D eigenvalue weighted by atomic mass is 19.4. The molecule has 1 N–H and O–H groups in total. The summed E-state index contributed by atoms with van der Waals surface area (Å²) in [7, 11) is 0. The predicted octanol–water partition coefficient (Wildman–Crippen LogP) is 0.247. The van der Waals surface area contributed by atoms with E-state index < -0.39 is 18.7 Å². The van der Waals surface area contributed by atoms with E-state index in [4.69, 9.17) is 5.11 Å². The second-order valence-corrected chi connectivity index (χ2v) is 1.75. The highest BCUT2D eigenvalue weighted by Gasteiger charge is 2.35. The summed E-state index contributed by atoms with van der Waals surface area (Å²) in [5, 5.41) is 11.2. The zero-order valence-electron chi connectivity index (χ0n) is 5.21. The summed E-state index contributed by atoms with van der Waals surface area (Å²) in [6.45, 7) is -0.608. The van der Waals surface area contributed by atoms with Crippen LogP contribution in [0, 0.1) is 0 Å². The molecular formula is C4H4F3N3O. The van der Waals surface area contributed by atoms with Gasteiger partial charge in [0.25, 0.3) is 5.82 Å². The van der Waals surface area contributed by atoms with Gasteiger partial charge in [0, 0.05) is 0 Å². The fourth-order valence-corrected chi connectivity index (χ4v) is 0.493. The van der Waals surface area contributed by atoms with Crippen molar-refractivity contribution < 1.29 is 18.3 Å². The third kappa shape index (κ3) is 1.67. The first kappa shape index (κ1) is 7.99. The number of rotatable bonds is 1. The second-order valence-electron chi connectivity index (χ2n) is 1.75. The molecule has 0 aliphatic rings. The Balaban J connectivity index is 2.89. The Morgan fingerprint density at radius 2 is 2.18 bits per heavy atom. The summed E-state index contributed by atoms with van der Waals surface area (Å²) in [5.41, 5.74) is 0. The molecule has 1 aromatic heterocycles. The van der Waals surface area contributed by atoms with Gasteiger partial charge < -0.3 is 5.11 Å². The molecule has 4 nitrogen and oxygen atoms in total. The van der Waals surface area contributed by atoms with Crippen LogP contribution in [0.4, 0.5) is 13.2 Å². The van der Waals surface area contributed by atoms with Crippen LogP contribution in [0.25, 0.3) is 0 Å². The van der Waals surface area contributed by atoms with Gasteiger partial charge in [-0.05, 0) is 0 Å². The zero-order chi connectivity index (χ0) is 8.48. The molecule has 0 spiro atoms. The van der Waals surface area contributed by atoms with E-state index in [1.807, 2.05) is 0 Å². The van der Waals surface area contributed by atoms with Crippen molar-refractivity contribution in [2.45, 2.75) is 12.9 Å². The molecular weight excluding hydrogens is 163 g/mol. The standard InChI is InChI=1S/C4H4F3N3O/c5-4(6,7)3-8-1-10(2-11)9-3/h1,11H,2H2. The molecule has 0 bridgehead atoms. The molecule has 62 valence electrons. The number of hydrogen-bond donors (Lipinski definition) is 1. The highest BCUT2D eigenvalue weighted by Crippen LogP contribution is 2.25. The van der Waals surface area contributed by atoms with Crippen LogP contribution in [0.15, 0.2) is 6.33 Å². The van der Waals surface area contributed by atoms with Gasteiger partial charge in [-0.2, -0.15) is 13.2 Å². The lowest BCUT2D eigenvalue weighted by molar-refractivity contribution is -0.145. The number of aliphatic hydroxyl groups excluding tert-OH is 1. The number of nitrogens with zero attached hydrogens (tertiary/aromatic N) is 3. The smallest absolute Gasteiger partial charge is 0.374 e. The van der Waals surface area contributed by atoms with Gasteiger partial charge in [0.05, 0.1) is 0 Å². The Bertz CT molecular complexity index is 243. The van der Waals surface area contributed by atoms with E-state index >= 15 is 0 Å². The van der Waals surface area contributed by atoms with Crippen molar-refractivity contribution >= 4 is 0 Å². The summed E-state index contributed by atoms with van der Waals surface area (Å²) in [5.74, 6) is -1.24. The first-order valence-corrected chi connectivity index (χ1v) is 2.61. The normalized spacial score (nSPS) is 12.0. The van der Waals surface area contributed by atoms with Crippen LogP contribution < -0.4 is 0 Å². The fraction of sp³-hybridized carbons (Fsp3) is 0.500. The second kappa shape index (κ2) is 2.50. The van der Waals surface area contributed by atoms with E-state index in [1.165, 1.54) is 0 Å². The number of aliphatic hydroxyl groups is 1. The van der Waals surface area contributed by atoms with E-state index in [2.05, 4.69) is 10.1 Å². The van der Waals surface area contributed by atoms with Gasteiger partial charge in [-0.25, -0.2) is 9.67 Å². The molecule has 11 heavy (non-hydrogen) atoms. The molecule has 0 saturated carbocycles. The van der Waals surface area contributed by atoms with E-state index in [0.29, 0.717) is 4.68 Å². The van der Waals surface area contributed by atoms with E-state index in [-0.39, 0.29) is 0 Å². The van der Waals surface area contributed by atoms with Crippen LogP contribution in [0.5, 0.6) is 0 Å². The molecule has 0 radical (unpaired) electrons. The van der Waals surface area contributed by atoms with Gasteiger partial charge >= 0.3 is 6.18 Å². The molecule has 1 rings (SSSR count). The Morgan fingerprint density at radius 1 is 1.55 bits per heavy atom. The molecule has 0 fully saturated rings. The number of alkyl halides is 3. The monoisotopic (exact) mass is 167 g/mol. The molecule has 0 aliphatic heterocycles. The van der Waals surface area contributed by atoms with Gasteiger partial charge in [0.1, 0.15) is 13.1 Å². The molecule has 0 atom stereocenters. The van der Waals surface area contributed by atoms with Crippen LogP contribution in [-0.4, -0.2) is 19.9 Å². The van der Waals surface area contributed by atoms with Gasteiger partial charge in [-0.15, -0.1) is 5.10 Å². The third-order valence-electron chi connectivity index (χ3n) is 0.935. The lowest BCUT2D eigenvalue weighted by atomic mass is 10.6. The van der Waals surface area contributed by atoms with Crippen molar-refractivity contribution in [3.05, 3.63) is 12.2 Å². The van der Waals surface area contributed by atoms with Gasteiger partial charge in [-0.1, -0.05) is 0 Å². The quantitative estimate of drug-likeness (QED) is 0.652. The van der Waals surface area contributed by atoms with Gasteiger partial charge in [0.2, 0.25) is 0 Å². The van der Waals surface area contributed by atoms with Crippen molar-refractivity contribution in [2.75, 3.05) is 0 Å². The lowest BCUT2D eigenvalue weighted by Crippen LogP contribution is -2.09. The molecule has 0 unspecified atom stereocenters. The molecule has 0 aliphatic carbocycles. The maximum atomic E-state index is 11.7. The minimum atomic E-state index is -4.54. The number of aromatic nitrogens is 3. The third-order valence-corrected chi connectivity index (χ3v) is 0.935. The van der Waals surface area contributed by atoms with Crippen LogP contribution in [-0.2, 0) is 12.9 Å². The van der Waals surface area contributed by atoms with Crippen molar-refractivity contribution in [1.29, 1.82) is 0 Å². The van der Waals surface area contributed by atoms with Crippen molar-refractivity contribution in [1.82, 2.24) is 14.8 Å². The van der Waals surface area contributed by atoms with Crippen LogP contribution in [0.2, 0.25) is 0 Å². The summed E-state index contributed by atoms with van der Waals surface area (Å²) in [6, 6.07) is 0. The van der Waals surface area contributed by atoms with E-state index in [0.717, 1.165) is 6.33 Å². The van der Waals surface area contributed by atoms with Crippen LogP contribution >= 0.6 is 0 Å². The molecule has 0 aromatic carbocycles. The summed E-state index contributed by atoms with van der Waals surface area (Å²) < 4.78 is 35.8. The summed E-state index contributed by atoms with van der Waals surface area (Å²) in [4.78, 5) is 2.93. The maximum Gasteiger partial charge on any atom is 0.453 e. The Morgan fingerprint density at radius 3 is 2.45 bits per heavy atom. The van der Waals surface area contributed by atoms with E-state index in [1.54, 1.807) is 0 Å². The topological polar surface area (TPSA) is 50.9 Å². The first-order chi connectivity index (χ1) is 5.04. The molecule has 1 heterocycles. The van der Waals surface area contributed by atoms with Gasteiger partial charge in [0.15, 0.2) is 0 Å². The lowest BCUT2D eigenvalue weighted by Gasteiger charge is -1.97. The summed E-state index contributed by atoms with van der Waals surface area (Å²) in [6.07, 6.45) is -3.73.